The number of rotatable bonds is 2. The predicted octanol–water partition coefficient (Wildman–Crippen LogP) is 4.63. The van der Waals surface area contributed by atoms with Crippen LogP contribution in [0.4, 0.5) is 5.69 Å². The Labute approximate surface area is 109 Å². The van der Waals surface area contributed by atoms with Gasteiger partial charge < -0.3 is 5.73 Å². The summed E-state index contributed by atoms with van der Waals surface area (Å²) in [5.74, 6) is 0. The van der Waals surface area contributed by atoms with Gasteiger partial charge in [-0.3, -0.25) is 0 Å². The summed E-state index contributed by atoms with van der Waals surface area (Å²) in [7, 11) is 0. The van der Waals surface area contributed by atoms with Crippen molar-refractivity contribution in [2.75, 3.05) is 5.73 Å². The van der Waals surface area contributed by atoms with Crippen molar-refractivity contribution >= 4 is 17.8 Å². The minimum Gasteiger partial charge on any atom is -0.399 e. The number of hydrogen-bond donors (Lipinski definition) is 1. The Hall–Kier alpha value is -2.28. The number of nitrogen functional groups attached to an aromatic ring is 1. The predicted molar refractivity (Wildman–Crippen MR) is 82.1 cm³/mol. The molecule has 0 bridgehead atoms. The lowest BCUT2D eigenvalue weighted by atomic mass is 10.1. The Kier molecular flexibility index (Phi) is 6.05. The van der Waals surface area contributed by atoms with Gasteiger partial charge in [0.25, 0.3) is 0 Å². The third-order valence-electron chi connectivity index (χ3n) is 2.36. The van der Waals surface area contributed by atoms with E-state index in [2.05, 4.69) is 24.8 Å². The van der Waals surface area contributed by atoms with Crippen LogP contribution in [0.1, 0.15) is 18.1 Å². The van der Waals surface area contributed by atoms with Gasteiger partial charge in [-0.25, -0.2) is 0 Å². The van der Waals surface area contributed by atoms with Crippen molar-refractivity contribution in [3.8, 4) is 0 Å². The molecule has 1 nitrogen and oxygen atoms in total. The Morgan fingerprint density at radius 3 is 1.89 bits per heavy atom. The van der Waals surface area contributed by atoms with Gasteiger partial charge >= 0.3 is 0 Å². The zero-order valence-corrected chi connectivity index (χ0v) is 10.7. The molecule has 2 aromatic rings. The molecular formula is C17H19N. The molecule has 0 atom stereocenters. The quantitative estimate of drug-likeness (QED) is 0.757. The van der Waals surface area contributed by atoms with Crippen molar-refractivity contribution in [1.29, 1.82) is 0 Å². The Morgan fingerprint density at radius 2 is 1.44 bits per heavy atom. The van der Waals surface area contributed by atoms with Gasteiger partial charge in [-0.2, -0.15) is 0 Å². The fourth-order valence-electron chi connectivity index (χ4n) is 1.48. The maximum atomic E-state index is 5.36. The second-order valence-corrected chi connectivity index (χ2v) is 3.74. The third kappa shape index (κ3) is 4.71. The third-order valence-corrected chi connectivity index (χ3v) is 2.36. The van der Waals surface area contributed by atoms with Crippen molar-refractivity contribution in [2.24, 2.45) is 0 Å². The zero-order chi connectivity index (χ0) is 13.2. The van der Waals surface area contributed by atoms with Crippen LogP contribution in [0.5, 0.6) is 0 Å². The second-order valence-electron chi connectivity index (χ2n) is 3.74. The first-order valence-electron chi connectivity index (χ1n) is 5.92. The largest absolute Gasteiger partial charge is 0.399 e. The molecule has 92 valence electrons. The van der Waals surface area contributed by atoms with Crippen LogP contribution in [0.15, 0.2) is 67.3 Å². The molecule has 1 heteroatoms. The monoisotopic (exact) mass is 237 g/mol. The first-order valence-corrected chi connectivity index (χ1v) is 5.92. The van der Waals surface area contributed by atoms with Gasteiger partial charge in [-0.05, 0) is 30.2 Å². The minimum atomic E-state index is 0.822. The fourth-order valence-corrected chi connectivity index (χ4v) is 1.48. The van der Waals surface area contributed by atoms with E-state index < -0.39 is 0 Å². The topological polar surface area (TPSA) is 26.0 Å². The van der Waals surface area contributed by atoms with E-state index in [0.29, 0.717) is 0 Å². The van der Waals surface area contributed by atoms with Gasteiger partial charge in [0.1, 0.15) is 0 Å². The van der Waals surface area contributed by atoms with E-state index in [1.54, 1.807) is 0 Å². The van der Waals surface area contributed by atoms with E-state index >= 15 is 0 Å². The normalized spacial score (nSPS) is 9.61. The first kappa shape index (κ1) is 13.8. The standard InChI is InChI=1S/C11H12.C6H7N/c1-3-7-11-9-6-5-8-10(11)4-2;7-6-4-2-1-3-5-6/h3-9H,2H2,1H3;1-5H,7H2/b7-3-;. The van der Waals surface area contributed by atoms with Gasteiger partial charge in [-0.1, -0.05) is 67.3 Å². The summed E-state index contributed by atoms with van der Waals surface area (Å²) in [5, 5.41) is 0. The Balaban J connectivity index is 0.000000199. The molecule has 0 unspecified atom stereocenters. The molecular weight excluding hydrogens is 218 g/mol. The zero-order valence-electron chi connectivity index (χ0n) is 10.7. The van der Waals surface area contributed by atoms with Gasteiger partial charge in [0, 0.05) is 5.69 Å². The molecule has 18 heavy (non-hydrogen) atoms. The first-order chi connectivity index (χ1) is 8.77. The number of hydrogen-bond acceptors (Lipinski definition) is 1. The van der Waals surface area contributed by atoms with Gasteiger partial charge in [0.05, 0.1) is 0 Å². The lowest BCUT2D eigenvalue weighted by Gasteiger charge is -1.97. The molecule has 0 aliphatic carbocycles. The summed E-state index contributed by atoms with van der Waals surface area (Å²) in [6.07, 6.45) is 5.98. The van der Waals surface area contributed by atoms with Crippen LogP contribution in [0.25, 0.3) is 12.2 Å². The van der Waals surface area contributed by atoms with Crippen LogP contribution in [0, 0.1) is 0 Å². The maximum Gasteiger partial charge on any atom is 0.0313 e. The van der Waals surface area contributed by atoms with Crippen LogP contribution in [0.3, 0.4) is 0 Å². The van der Waals surface area contributed by atoms with Crippen molar-refractivity contribution < 1.29 is 0 Å². The number of para-hydroxylation sites is 1. The van der Waals surface area contributed by atoms with E-state index in [1.165, 1.54) is 11.1 Å². The van der Waals surface area contributed by atoms with Crippen LogP contribution in [-0.4, -0.2) is 0 Å². The van der Waals surface area contributed by atoms with Crippen LogP contribution in [0.2, 0.25) is 0 Å². The molecule has 0 heterocycles. The average Bonchev–Trinajstić information content (AvgIpc) is 2.41. The number of benzene rings is 2. The van der Waals surface area contributed by atoms with Crippen molar-refractivity contribution in [3.05, 3.63) is 78.4 Å². The maximum absolute atomic E-state index is 5.36. The average molecular weight is 237 g/mol. The highest BCUT2D eigenvalue weighted by Crippen LogP contribution is 2.11. The van der Waals surface area contributed by atoms with E-state index in [0.717, 1.165) is 5.69 Å². The molecule has 2 N–H and O–H groups in total. The van der Waals surface area contributed by atoms with E-state index in [4.69, 9.17) is 5.73 Å². The Morgan fingerprint density at radius 1 is 0.889 bits per heavy atom. The second kappa shape index (κ2) is 7.91. The van der Waals surface area contributed by atoms with Crippen molar-refractivity contribution in [3.63, 3.8) is 0 Å². The summed E-state index contributed by atoms with van der Waals surface area (Å²) < 4.78 is 0. The highest BCUT2D eigenvalue weighted by atomic mass is 14.5. The fraction of sp³-hybridized carbons (Fsp3) is 0.0588. The van der Waals surface area contributed by atoms with E-state index in [1.807, 2.05) is 61.5 Å². The summed E-state index contributed by atoms with van der Waals surface area (Å²) >= 11 is 0. The van der Waals surface area contributed by atoms with Crippen molar-refractivity contribution in [2.45, 2.75) is 6.92 Å². The van der Waals surface area contributed by atoms with Gasteiger partial charge in [0.15, 0.2) is 0 Å². The molecule has 0 aliphatic rings. The molecule has 2 aromatic carbocycles. The number of allylic oxidation sites excluding steroid dienone is 1. The number of anilines is 1. The smallest absolute Gasteiger partial charge is 0.0313 e. The minimum absolute atomic E-state index is 0.822. The lowest BCUT2D eigenvalue weighted by Crippen LogP contribution is -1.79. The molecule has 0 radical (unpaired) electrons. The molecule has 0 aromatic heterocycles. The van der Waals surface area contributed by atoms with Gasteiger partial charge in [-0.15, -0.1) is 0 Å². The van der Waals surface area contributed by atoms with Gasteiger partial charge in [0.2, 0.25) is 0 Å². The molecule has 0 saturated carbocycles. The summed E-state index contributed by atoms with van der Waals surface area (Å²) in [6, 6.07) is 17.7. The summed E-state index contributed by atoms with van der Waals surface area (Å²) in [6.45, 7) is 5.75. The van der Waals surface area contributed by atoms with Crippen LogP contribution < -0.4 is 5.73 Å². The SMILES string of the molecule is C=Cc1ccccc1/C=C\C.Nc1ccccc1. The van der Waals surface area contributed by atoms with Crippen molar-refractivity contribution in [1.82, 2.24) is 0 Å². The molecule has 0 aliphatic heterocycles. The summed E-state index contributed by atoms with van der Waals surface area (Å²) in [4.78, 5) is 0. The molecule has 0 saturated heterocycles. The molecule has 0 spiro atoms. The van der Waals surface area contributed by atoms with E-state index in [-0.39, 0.29) is 0 Å². The number of nitrogens with two attached hydrogens (primary N) is 1. The Bertz CT molecular complexity index is 498. The lowest BCUT2D eigenvalue weighted by molar-refractivity contribution is 1.60. The molecule has 0 fully saturated rings. The van der Waals surface area contributed by atoms with E-state index in [9.17, 15) is 0 Å². The molecule has 2 rings (SSSR count). The van der Waals surface area contributed by atoms with Crippen LogP contribution in [-0.2, 0) is 0 Å². The summed E-state index contributed by atoms with van der Waals surface area (Å²) in [5.41, 5.74) is 8.59. The highest BCUT2D eigenvalue weighted by Gasteiger charge is 1.90. The molecule has 0 amide bonds. The highest BCUT2D eigenvalue weighted by molar-refractivity contribution is 5.63. The van der Waals surface area contributed by atoms with Crippen LogP contribution >= 0.6 is 0 Å².